The molecule has 5 rings (SSSR count). The van der Waals surface area contributed by atoms with Crippen molar-refractivity contribution in [3.05, 3.63) is 66.1 Å². The number of aliphatic hydroxyl groups excluding tert-OH is 1. The van der Waals surface area contributed by atoms with Crippen LogP contribution in [0.2, 0.25) is 5.02 Å². The van der Waals surface area contributed by atoms with Gasteiger partial charge in [0.2, 0.25) is 5.91 Å². The molecule has 2 aromatic carbocycles. The zero-order chi connectivity index (χ0) is 25.8. The number of carbonyl (C=O) groups is 1. The number of benzene rings is 2. The minimum Gasteiger partial charge on any atom is -0.456 e. The van der Waals surface area contributed by atoms with Crippen molar-refractivity contribution >= 4 is 45.7 Å². The van der Waals surface area contributed by atoms with Crippen LogP contribution < -0.4 is 15.4 Å². The minimum atomic E-state index is -0.256. The Morgan fingerprint density at radius 1 is 1.14 bits per heavy atom. The fourth-order valence-corrected chi connectivity index (χ4v) is 4.12. The number of anilines is 3. The molecular formula is C27H28ClN5O4. The van der Waals surface area contributed by atoms with Gasteiger partial charge in [0.1, 0.15) is 23.3 Å². The van der Waals surface area contributed by atoms with Gasteiger partial charge in [-0.3, -0.25) is 4.79 Å². The minimum absolute atomic E-state index is 0.00963. The third kappa shape index (κ3) is 5.85. The summed E-state index contributed by atoms with van der Waals surface area (Å²) in [4.78, 5) is 21.1. The van der Waals surface area contributed by atoms with Gasteiger partial charge in [-0.25, -0.2) is 9.97 Å². The molecular weight excluding hydrogens is 494 g/mol. The number of halogens is 1. The zero-order valence-corrected chi connectivity index (χ0v) is 21.2. The standard InChI is InChI=1S/C27H28ClN5O4/c1-27(8-9-27)26(35)32-18-3-2-4-20(15-18)37-23-6-5-19(16-21(23)28)31-25-24-22(29-17-30-25)7-10-33(24)11-13-36-14-12-34/h2-7,10,15-17,34H,8-9,11-14H2,1H3,(H,32,35)(H,29,30,31). The van der Waals surface area contributed by atoms with Gasteiger partial charge in [0, 0.05) is 35.6 Å². The Kier molecular flexibility index (Phi) is 7.27. The van der Waals surface area contributed by atoms with Gasteiger partial charge in [0.05, 0.1) is 30.4 Å². The van der Waals surface area contributed by atoms with E-state index < -0.39 is 0 Å². The molecule has 0 atom stereocenters. The number of aliphatic hydroxyl groups is 1. The summed E-state index contributed by atoms with van der Waals surface area (Å²) < 4.78 is 13.4. The van der Waals surface area contributed by atoms with Gasteiger partial charge in [-0.15, -0.1) is 0 Å². The average Bonchev–Trinajstić information content (AvgIpc) is 3.51. The summed E-state index contributed by atoms with van der Waals surface area (Å²) in [6, 6.07) is 14.6. The van der Waals surface area contributed by atoms with Crippen molar-refractivity contribution in [2.24, 2.45) is 5.41 Å². The average molecular weight is 522 g/mol. The Morgan fingerprint density at radius 2 is 2.00 bits per heavy atom. The van der Waals surface area contributed by atoms with Gasteiger partial charge >= 0.3 is 0 Å². The predicted octanol–water partition coefficient (Wildman–Crippen LogP) is 5.37. The van der Waals surface area contributed by atoms with Crippen LogP contribution in [0.1, 0.15) is 19.8 Å². The van der Waals surface area contributed by atoms with E-state index in [1.54, 1.807) is 18.2 Å². The first kappa shape index (κ1) is 25.0. The number of aromatic nitrogens is 3. The first-order valence-corrected chi connectivity index (χ1v) is 12.5. The Balaban J connectivity index is 1.29. The van der Waals surface area contributed by atoms with Gasteiger partial charge in [-0.05, 0) is 49.2 Å². The van der Waals surface area contributed by atoms with E-state index in [1.807, 2.05) is 48.0 Å². The van der Waals surface area contributed by atoms with E-state index in [0.29, 0.717) is 47.8 Å². The summed E-state index contributed by atoms with van der Waals surface area (Å²) in [7, 11) is 0. The van der Waals surface area contributed by atoms with Gasteiger partial charge < -0.3 is 29.8 Å². The van der Waals surface area contributed by atoms with Crippen LogP contribution in [0.25, 0.3) is 11.0 Å². The van der Waals surface area contributed by atoms with Crippen LogP contribution in [0.3, 0.4) is 0 Å². The summed E-state index contributed by atoms with van der Waals surface area (Å²) in [5, 5.41) is 15.6. The Bertz CT molecular complexity index is 1420. The molecule has 9 nitrogen and oxygen atoms in total. The molecule has 2 heterocycles. The Labute approximate surface area is 219 Å². The zero-order valence-electron chi connectivity index (χ0n) is 20.4. The molecule has 1 fully saturated rings. The Morgan fingerprint density at radius 3 is 2.78 bits per heavy atom. The van der Waals surface area contributed by atoms with Crippen molar-refractivity contribution in [2.75, 3.05) is 30.5 Å². The van der Waals surface area contributed by atoms with Crippen molar-refractivity contribution in [1.29, 1.82) is 0 Å². The van der Waals surface area contributed by atoms with E-state index in [2.05, 4.69) is 20.6 Å². The van der Waals surface area contributed by atoms with Gasteiger partial charge in [0.25, 0.3) is 0 Å². The number of fused-ring (bicyclic) bond motifs is 1. The topological polar surface area (TPSA) is 111 Å². The van der Waals surface area contributed by atoms with Crippen molar-refractivity contribution in [3.8, 4) is 11.5 Å². The van der Waals surface area contributed by atoms with Crippen LogP contribution in [0.5, 0.6) is 11.5 Å². The summed E-state index contributed by atoms with van der Waals surface area (Å²) in [6.07, 6.45) is 5.26. The molecule has 1 saturated carbocycles. The summed E-state index contributed by atoms with van der Waals surface area (Å²) in [5.74, 6) is 1.72. The molecule has 1 aliphatic rings. The van der Waals surface area contributed by atoms with Gasteiger partial charge in [-0.1, -0.05) is 24.6 Å². The van der Waals surface area contributed by atoms with E-state index in [9.17, 15) is 4.79 Å². The number of ether oxygens (including phenoxy) is 2. The molecule has 10 heteroatoms. The van der Waals surface area contributed by atoms with Crippen LogP contribution >= 0.6 is 11.6 Å². The smallest absolute Gasteiger partial charge is 0.230 e. The number of amides is 1. The van der Waals surface area contributed by atoms with E-state index >= 15 is 0 Å². The lowest BCUT2D eigenvalue weighted by molar-refractivity contribution is -0.120. The van der Waals surface area contributed by atoms with E-state index in [4.69, 9.17) is 26.2 Å². The van der Waals surface area contributed by atoms with Crippen molar-refractivity contribution in [3.63, 3.8) is 0 Å². The largest absolute Gasteiger partial charge is 0.456 e. The van der Waals surface area contributed by atoms with Crippen LogP contribution in [0, 0.1) is 5.41 Å². The van der Waals surface area contributed by atoms with Crippen molar-refractivity contribution < 1.29 is 19.4 Å². The highest BCUT2D eigenvalue weighted by Crippen LogP contribution is 2.46. The Hall–Kier alpha value is -3.66. The number of nitrogens with zero attached hydrogens (tertiary/aromatic N) is 3. The number of rotatable bonds is 11. The van der Waals surface area contributed by atoms with Gasteiger partial charge in [-0.2, -0.15) is 0 Å². The number of nitrogens with one attached hydrogen (secondary N) is 2. The molecule has 1 amide bonds. The maximum atomic E-state index is 12.4. The highest BCUT2D eigenvalue weighted by Gasteiger charge is 2.44. The first-order chi connectivity index (χ1) is 17.9. The molecule has 0 aliphatic heterocycles. The highest BCUT2D eigenvalue weighted by molar-refractivity contribution is 6.32. The molecule has 3 N–H and O–H groups in total. The lowest BCUT2D eigenvalue weighted by atomic mass is 10.1. The van der Waals surface area contributed by atoms with Crippen LogP contribution in [-0.4, -0.2) is 45.4 Å². The molecule has 37 heavy (non-hydrogen) atoms. The third-order valence-electron chi connectivity index (χ3n) is 6.32. The molecule has 0 spiro atoms. The first-order valence-electron chi connectivity index (χ1n) is 12.1. The van der Waals surface area contributed by atoms with Gasteiger partial charge in [0.15, 0.2) is 5.82 Å². The lowest BCUT2D eigenvalue weighted by Gasteiger charge is -2.14. The SMILES string of the molecule is CC1(C(=O)Nc2cccc(Oc3ccc(Nc4ncnc5ccn(CCOCCO)c45)cc3Cl)c2)CC1. The summed E-state index contributed by atoms with van der Waals surface area (Å²) in [6.45, 7) is 3.31. The number of carbonyl (C=O) groups excluding carboxylic acids is 1. The second-order valence-corrected chi connectivity index (χ2v) is 9.62. The monoisotopic (exact) mass is 521 g/mol. The van der Waals surface area contributed by atoms with E-state index in [1.165, 1.54) is 6.33 Å². The van der Waals surface area contributed by atoms with E-state index in [0.717, 1.165) is 29.6 Å². The lowest BCUT2D eigenvalue weighted by Crippen LogP contribution is -2.21. The quantitative estimate of drug-likeness (QED) is 0.228. The van der Waals surface area contributed by atoms with Crippen molar-refractivity contribution in [2.45, 2.75) is 26.3 Å². The van der Waals surface area contributed by atoms with Crippen molar-refractivity contribution in [1.82, 2.24) is 14.5 Å². The molecule has 0 unspecified atom stereocenters. The second-order valence-electron chi connectivity index (χ2n) is 9.22. The second kappa shape index (κ2) is 10.8. The fourth-order valence-electron chi connectivity index (χ4n) is 3.90. The molecule has 2 aromatic heterocycles. The maximum Gasteiger partial charge on any atom is 0.230 e. The van der Waals surface area contributed by atoms with Crippen LogP contribution in [0.4, 0.5) is 17.2 Å². The molecule has 4 aromatic rings. The third-order valence-corrected chi connectivity index (χ3v) is 6.62. The molecule has 1 aliphatic carbocycles. The molecule has 0 bridgehead atoms. The van der Waals surface area contributed by atoms with E-state index in [-0.39, 0.29) is 17.9 Å². The summed E-state index contributed by atoms with van der Waals surface area (Å²) >= 11 is 6.55. The fraction of sp³-hybridized carbons (Fsp3) is 0.296. The highest BCUT2D eigenvalue weighted by atomic mass is 35.5. The van der Waals surface area contributed by atoms with Crippen LogP contribution in [-0.2, 0) is 16.1 Å². The molecule has 0 saturated heterocycles. The summed E-state index contributed by atoms with van der Waals surface area (Å²) in [5.41, 5.74) is 2.80. The molecule has 0 radical (unpaired) electrons. The maximum absolute atomic E-state index is 12.4. The normalized spacial score (nSPS) is 13.9. The van der Waals surface area contributed by atoms with Crippen LogP contribution in [0.15, 0.2) is 61.1 Å². The number of hydrogen-bond donors (Lipinski definition) is 3. The number of hydrogen-bond acceptors (Lipinski definition) is 7. The predicted molar refractivity (Wildman–Crippen MR) is 143 cm³/mol. The molecule has 192 valence electrons.